The summed E-state index contributed by atoms with van der Waals surface area (Å²) in [5.74, 6) is 0.336. The number of nitrogens with zero attached hydrogens (tertiary/aromatic N) is 3. The Hall–Kier alpha value is -0.345. The number of hydrogen-bond acceptors (Lipinski definition) is 3. The largest absolute Gasteiger partial charge is 0.226 e. The van der Waals surface area contributed by atoms with Crippen LogP contribution in [0.5, 0.6) is 0 Å². The molecule has 11 heavy (non-hydrogen) atoms. The zero-order valence-corrected chi connectivity index (χ0v) is 6.97. The molecule has 0 bridgehead atoms. The molecule has 1 heterocycles. The Morgan fingerprint density at radius 3 is 2.27 bits per heavy atom. The predicted molar refractivity (Wildman–Crippen MR) is 44.1 cm³/mol. The topological polar surface area (TPSA) is 38.7 Å². The molecule has 0 aliphatic heterocycles. The average molecular weight is 189 g/mol. The second-order valence-corrected chi connectivity index (χ2v) is 2.41. The van der Waals surface area contributed by atoms with Gasteiger partial charge in [0.1, 0.15) is 5.82 Å². The van der Waals surface area contributed by atoms with Crippen LogP contribution in [0.2, 0.25) is 16.9 Å². The maximum Gasteiger partial charge on any atom is 0.226 e. The number of aryl methyl sites for hydroxylation is 1. The number of halogens is 2. The van der Waals surface area contributed by atoms with Gasteiger partial charge in [0.05, 0.1) is 7.85 Å². The lowest BCUT2D eigenvalue weighted by Crippen LogP contribution is -1.97. The standard InChI is InChI=1S/C5H4BCl2N3/c6-2-1-3-9-4(7)11-5(8)10-3/h1-2H2/i2D. The third-order valence-corrected chi connectivity index (χ3v) is 1.27. The molecule has 56 valence electrons. The van der Waals surface area contributed by atoms with Crippen LogP contribution in [0.3, 0.4) is 0 Å². The number of hydrogen-bond donors (Lipinski definition) is 0. The van der Waals surface area contributed by atoms with E-state index in [0.29, 0.717) is 5.82 Å². The van der Waals surface area contributed by atoms with Crippen molar-refractivity contribution >= 4 is 31.0 Å². The SMILES string of the molecule is [2H]C([B])Cc1nc(Cl)nc(Cl)n1. The fraction of sp³-hybridized carbons (Fsp3) is 0.400. The Morgan fingerprint density at radius 2 is 1.82 bits per heavy atom. The highest BCUT2D eigenvalue weighted by Gasteiger charge is 2.00. The minimum atomic E-state index is -0.764. The highest BCUT2D eigenvalue weighted by Crippen LogP contribution is 2.06. The van der Waals surface area contributed by atoms with Crippen molar-refractivity contribution in [3.05, 3.63) is 16.4 Å². The molecule has 1 unspecified atom stereocenters. The van der Waals surface area contributed by atoms with Gasteiger partial charge in [-0.15, -0.1) is 0 Å². The Morgan fingerprint density at radius 1 is 1.27 bits per heavy atom. The molecule has 0 aromatic carbocycles. The van der Waals surface area contributed by atoms with Crippen molar-refractivity contribution in [1.82, 2.24) is 15.0 Å². The molecule has 0 aliphatic carbocycles. The van der Waals surface area contributed by atoms with Crippen LogP contribution in [0, 0.1) is 0 Å². The molecule has 0 saturated heterocycles. The van der Waals surface area contributed by atoms with Gasteiger partial charge in [-0.1, -0.05) is 6.30 Å². The fourth-order valence-electron chi connectivity index (χ4n) is 0.561. The maximum absolute atomic E-state index is 7.05. The van der Waals surface area contributed by atoms with Gasteiger partial charge in [0.2, 0.25) is 10.6 Å². The fourth-order valence-corrected chi connectivity index (χ4v) is 0.959. The molecule has 1 atom stereocenters. The van der Waals surface area contributed by atoms with E-state index in [1.54, 1.807) is 0 Å². The van der Waals surface area contributed by atoms with Gasteiger partial charge in [-0.05, 0) is 29.6 Å². The van der Waals surface area contributed by atoms with Crippen LogP contribution >= 0.6 is 23.2 Å². The Bertz CT molecular complexity index is 263. The van der Waals surface area contributed by atoms with Gasteiger partial charge in [0, 0.05) is 1.37 Å². The van der Waals surface area contributed by atoms with E-state index in [1.807, 2.05) is 0 Å². The zero-order valence-electron chi connectivity index (χ0n) is 6.46. The smallest absolute Gasteiger partial charge is 0.203 e. The summed E-state index contributed by atoms with van der Waals surface area (Å²) in [4.78, 5) is 11.0. The Balaban J connectivity index is 2.85. The Labute approximate surface area is 77.0 Å². The van der Waals surface area contributed by atoms with Crippen molar-refractivity contribution in [3.63, 3.8) is 0 Å². The molecule has 0 aliphatic rings. The summed E-state index contributed by atoms with van der Waals surface area (Å²) in [5, 5.41) is 0.0382. The first-order valence-corrected chi connectivity index (χ1v) is 3.57. The summed E-state index contributed by atoms with van der Waals surface area (Å²) in [5.41, 5.74) is 0. The molecule has 0 fully saturated rings. The average Bonchev–Trinajstić information content (AvgIpc) is 1.81. The van der Waals surface area contributed by atoms with Gasteiger partial charge in [-0.3, -0.25) is 0 Å². The van der Waals surface area contributed by atoms with E-state index in [9.17, 15) is 0 Å². The lowest BCUT2D eigenvalue weighted by molar-refractivity contribution is 0.897. The predicted octanol–water partition coefficient (Wildman–Crippen LogP) is 1.31. The molecule has 0 spiro atoms. The van der Waals surface area contributed by atoms with Crippen molar-refractivity contribution in [1.29, 1.82) is 0 Å². The molecule has 0 saturated carbocycles. The van der Waals surface area contributed by atoms with Crippen molar-refractivity contribution in [3.8, 4) is 0 Å². The van der Waals surface area contributed by atoms with Gasteiger partial charge < -0.3 is 0 Å². The van der Waals surface area contributed by atoms with E-state index in [0.717, 1.165) is 0 Å². The van der Waals surface area contributed by atoms with E-state index < -0.39 is 6.30 Å². The van der Waals surface area contributed by atoms with Crippen LogP contribution in [0.4, 0.5) is 0 Å². The van der Waals surface area contributed by atoms with E-state index in [1.165, 1.54) is 0 Å². The zero-order chi connectivity index (χ0) is 9.14. The number of aromatic nitrogens is 3. The monoisotopic (exact) mass is 188 g/mol. The van der Waals surface area contributed by atoms with Crippen LogP contribution in [-0.2, 0) is 6.42 Å². The van der Waals surface area contributed by atoms with E-state index in [-0.39, 0.29) is 17.0 Å². The van der Waals surface area contributed by atoms with Gasteiger partial charge in [0.25, 0.3) is 0 Å². The van der Waals surface area contributed by atoms with Crippen molar-refractivity contribution < 1.29 is 1.37 Å². The first-order valence-electron chi connectivity index (χ1n) is 3.39. The van der Waals surface area contributed by atoms with Crippen LogP contribution < -0.4 is 0 Å². The summed E-state index contributed by atoms with van der Waals surface area (Å²) in [6, 6.07) is 0. The minimum Gasteiger partial charge on any atom is -0.203 e. The molecule has 1 aromatic rings. The van der Waals surface area contributed by atoms with Gasteiger partial charge in [0.15, 0.2) is 0 Å². The summed E-state index contributed by atoms with van der Waals surface area (Å²) in [6.07, 6.45) is -0.554. The molecule has 1 aromatic heterocycles. The molecular formula is C5H4BCl2N3. The molecular weight excluding hydrogens is 184 g/mol. The molecule has 0 amide bonds. The van der Waals surface area contributed by atoms with Gasteiger partial charge in [-0.2, -0.15) is 4.98 Å². The second-order valence-electron chi connectivity index (χ2n) is 1.73. The summed E-state index contributed by atoms with van der Waals surface area (Å²) < 4.78 is 7.05. The third-order valence-electron chi connectivity index (χ3n) is 0.928. The molecule has 6 heteroatoms. The maximum atomic E-state index is 7.05. The van der Waals surface area contributed by atoms with Crippen molar-refractivity contribution in [2.75, 3.05) is 0 Å². The molecule has 3 nitrogen and oxygen atoms in total. The quantitative estimate of drug-likeness (QED) is 0.658. The molecule has 2 radical (unpaired) electrons. The van der Waals surface area contributed by atoms with Crippen LogP contribution in [0.15, 0.2) is 0 Å². The van der Waals surface area contributed by atoms with Crippen LogP contribution in [0.25, 0.3) is 0 Å². The third kappa shape index (κ3) is 2.63. The first-order chi connectivity index (χ1) is 5.58. The Kier molecular flexibility index (Phi) is 2.58. The normalized spacial score (nSPS) is 14.2. The van der Waals surface area contributed by atoms with Crippen LogP contribution in [-0.4, -0.2) is 22.8 Å². The van der Waals surface area contributed by atoms with Crippen molar-refractivity contribution in [2.24, 2.45) is 0 Å². The highest BCUT2D eigenvalue weighted by atomic mass is 35.5. The summed E-state index contributed by atoms with van der Waals surface area (Å²) >= 11 is 11.0. The first kappa shape index (κ1) is 7.31. The summed E-state index contributed by atoms with van der Waals surface area (Å²) in [6.45, 7) is 0. The van der Waals surface area contributed by atoms with E-state index in [2.05, 4.69) is 15.0 Å². The minimum absolute atomic E-state index is 0.0191. The summed E-state index contributed by atoms with van der Waals surface area (Å²) in [7, 11) is 5.20. The van der Waals surface area contributed by atoms with Gasteiger partial charge >= 0.3 is 0 Å². The molecule has 0 N–H and O–H groups in total. The number of rotatable bonds is 2. The lowest BCUT2D eigenvalue weighted by Gasteiger charge is -1.96. The van der Waals surface area contributed by atoms with E-state index >= 15 is 0 Å². The second kappa shape index (κ2) is 3.88. The van der Waals surface area contributed by atoms with E-state index in [4.69, 9.17) is 32.4 Å². The van der Waals surface area contributed by atoms with Crippen molar-refractivity contribution in [2.45, 2.75) is 12.7 Å². The highest BCUT2D eigenvalue weighted by molar-refractivity contribution is 6.31. The lowest BCUT2D eigenvalue weighted by atomic mass is 10.0. The van der Waals surface area contributed by atoms with Gasteiger partial charge in [-0.25, -0.2) is 9.97 Å². The van der Waals surface area contributed by atoms with Crippen LogP contribution in [0.1, 0.15) is 7.20 Å². The molecule has 1 rings (SSSR count).